The summed E-state index contributed by atoms with van der Waals surface area (Å²) in [7, 11) is 0. The number of anilines is 1. The first-order chi connectivity index (χ1) is 14.0. The number of quaternary nitrogens is 1. The maximum absolute atomic E-state index is 13.0. The zero-order chi connectivity index (χ0) is 20.8. The van der Waals surface area contributed by atoms with Crippen molar-refractivity contribution in [1.82, 2.24) is 5.32 Å². The van der Waals surface area contributed by atoms with Crippen molar-refractivity contribution in [3.63, 3.8) is 0 Å². The van der Waals surface area contributed by atoms with Crippen molar-refractivity contribution in [2.75, 3.05) is 44.3 Å². The van der Waals surface area contributed by atoms with E-state index in [1.165, 1.54) is 4.90 Å². The van der Waals surface area contributed by atoms with Gasteiger partial charge in [0.1, 0.15) is 13.1 Å². The molecule has 2 N–H and O–H groups in total. The minimum absolute atomic E-state index is 0.362. The molecule has 1 unspecified atom stereocenters. The molecule has 156 valence electrons. The number of hydrogen-bond donors (Lipinski definition) is 2. The number of aliphatic imine (C=N–C) groups is 1. The van der Waals surface area contributed by atoms with E-state index in [1.807, 2.05) is 6.92 Å². The fourth-order valence-corrected chi connectivity index (χ4v) is 3.70. The minimum atomic E-state index is -1.09. The first kappa shape index (κ1) is 21.4. The van der Waals surface area contributed by atoms with Crippen molar-refractivity contribution < 1.29 is 24.0 Å². The Morgan fingerprint density at radius 3 is 2.59 bits per heavy atom. The number of imide groups is 2. The fourth-order valence-electron chi connectivity index (χ4n) is 3.57. The van der Waals surface area contributed by atoms with Gasteiger partial charge in [-0.1, -0.05) is 18.5 Å². The second-order valence-corrected chi connectivity index (χ2v) is 7.51. The molecule has 3 rings (SSSR count). The van der Waals surface area contributed by atoms with Gasteiger partial charge in [-0.05, 0) is 30.7 Å². The van der Waals surface area contributed by atoms with Crippen LogP contribution in [0.3, 0.4) is 0 Å². The van der Waals surface area contributed by atoms with E-state index in [0.717, 1.165) is 44.2 Å². The summed E-state index contributed by atoms with van der Waals surface area (Å²) < 4.78 is 5.36. The number of amides is 4. The lowest BCUT2D eigenvalue weighted by Crippen LogP contribution is -3.14. The van der Waals surface area contributed by atoms with Gasteiger partial charge in [-0.25, -0.2) is 9.69 Å². The van der Waals surface area contributed by atoms with Crippen molar-refractivity contribution >= 4 is 40.8 Å². The summed E-state index contributed by atoms with van der Waals surface area (Å²) in [6.45, 7) is 6.92. The average Bonchev–Trinajstić information content (AvgIpc) is 2.71. The van der Waals surface area contributed by atoms with Crippen molar-refractivity contribution in [2.45, 2.75) is 19.8 Å². The lowest BCUT2D eigenvalue weighted by atomic mass is 9.96. The van der Waals surface area contributed by atoms with Crippen LogP contribution in [0.25, 0.3) is 0 Å². The third-order valence-electron chi connectivity index (χ3n) is 5.15. The number of barbiturate groups is 1. The molecular weight excluding hydrogens is 396 g/mol. The van der Waals surface area contributed by atoms with Gasteiger partial charge in [0.2, 0.25) is 5.91 Å². The Bertz CT molecular complexity index is 790. The molecule has 0 radical (unpaired) electrons. The normalized spacial score (nSPS) is 21.4. The van der Waals surface area contributed by atoms with Crippen molar-refractivity contribution in [3.8, 4) is 0 Å². The highest BCUT2D eigenvalue weighted by atomic mass is 35.5. The number of benzene rings is 1. The van der Waals surface area contributed by atoms with Gasteiger partial charge in [-0.15, -0.1) is 0 Å². The second kappa shape index (κ2) is 9.96. The molecule has 2 aliphatic rings. The molecule has 2 aliphatic heterocycles. The summed E-state index contributed by atoms with van der Waals surface area (Å²) >= 11 is 5.89. The van der Waals surface area contributed by atoms with Gasteiger partial charge in [0.15, 0.2) is 5.92 Å². The Morgan fingerprint density at radius 2 is 1.93 bits per heavy atom. The molecule has 2 saturated heterocycles. The van der Waals surface area contributed by atoms with E-state index in [1.54, 1.807) is 24.3 Å². The lowest BCUT2D eigenvalue weighted by Gasteiger charge is -2.30. The molecule has 8 nitrogen and oxygen atoms in total. The number of ether oxygens (including phenoxy) is 1. The topological polar surface area (TPSA) is 92.5 Å². The maximum Gasteiger partial charge on any atom is 0.335 e. The first-order valence-corrected chi connectivity index (χ1v) is 10.3. The van der Waals surface area contributed by atoms with Crippen LogP contribution < -0.4 is 15.1 Å². The molecular formula is C20H26ClN4O4+. The third kappa shape index (κ3) is 5.20. The Hall–Kier alpha value is -2.29. The zero-order valence-electron chi connectivity index (χ0n) is 16.4. The lowest BCUT2D eigenvalue weighted by molar-refractivity contribution is -0.908. The van der Waals surface area contributed by atoms with E-state index in [0.29, 0.717) is 29.4 Å². The number of hydrogen-bond acceptors (Lipinski definition) is 5. The second-order valence-electron chi connectivity index (χ2n) is 7.07. The van der Waals surface area contributed by atoms with E-state index >= 15 is 0 Å². The maximum atomic E-state index is 13.0. The average molecular weight is 422 g/mol. The smallest absolute Gasteiger partial charge is 0.335 e. The number of nitrogens with zero attached hydrogens (tertiary/aromatic N) is 2. The highest BCUT2D eigenvalue weighted by Crippen LogP contribution is 2.24. The summed E-state index contributed by atoms with van der Waals surface area (Å²) in [6, 6.07) is 5.56. The van der Waals surface area contributed by atoms with E-state index in [2.05, 4.69) is 10.3 Å². The van der Waals surface area contributed by atoms with Crippen LogP contribution >= 0.6 is 11.6 Å². The van der Waals surface area contributed by atoms with Gasteiger partial charge in [-0.2, -0.15) is 0 Å². The van der Waals surface area contributed by atoms with Gasteiger partial charge in [0, 0.05) is 23.7 Å². The summed E-state index contributed by atoms with van der Waals surface area (Å²) in [6.07, 6.45) is 1.32. The van der Waals surface area contributed by atoms with Crippen molar-refractivity contribution in [2.24, 2.45) is 10.9 Å². The van der Waals surface area contributed by atoms with E-state index < -0.39 is 23.8 Å². The molecule has 29 heavy (non-hydrogen) atoms. The number of rotatable bonds is 7. The number of carbonyl (C=O) groups is 3. The summed E-state index contributed by atoms with van der Waals surface area (Å²) in [4.78, 5) is 44.7. The first-order valence-electron chi connectivity index (χ1n) is 9.90. The third-order valence-corrected chi connectivity index (χ3v) is 5.40. The van der Waals surface area contributed by atoms with Gasteiger partial charge < -0.3 is 9.64 Å². The van der Waals surface area contributed by atoms with Crippen molar-refractivity contribution in [3.05, 3.63) is 29.3 Å². The van der Waals surface area contributed by atoms with Crippen LogP contribution in [0.15, 0.2) is 29.3 Å². The molecule has 0 saturated carbocycles. The van der Waals surface area contributed by atoms with E-state index in [9.17, 15) is 14.4 Å². The molecule has 1 atom stereocenters. The van der Waals surface area contributed by atoms with Gasteiger partial charge in [0.05, 0.1) is 25.4 Å². The van der Waals surface area contributed by atoms with Gasteiger partial charge >= 0.3 is 6.03 Å². The molecule has 0 bridgehead atoms. The predicted octanol–water partition coefficient (Wildman–Crippen LogP) is 0.695. The molecule has 0 aliphatic carbocycles. The fraction of sp³-hybridized carbons (Fsp3) is 0.500. The van der Waals surface area contributed by atoms with E-state index in [4.69, 9.17) is 16.3 Å². The number of halogens is 1. The number of carbonyl (C=O) groups excluding carboxylic acids is 3. The Labute approximate surface area is 174 Å². The van der Waals surface area contributed by atoms with Crippen LogP contribution in [0.4, 0.5) is 10.5 Å². The molecule has 1 aromatic carbocycles. The quantitative estimate of drug-likeness (QED) is 0.385. The van der Waals surface area contributed by atoms with Crippen LogP contribution in [-0.2, 0) is 14.3 Å². The monoisotopic (exact) mass is 421 g/mol. The molecule has 0 spiro atoms. The highest BCUT2D eigenvalue weighted by Gasteiger charge is 2.43. The van der Waals surface area contributed by atoms with Crippen LogP contribution in [0.5, 0.6) is 0 Å². The molecule has 2 heterocycles. The summed E-state index contributed by atoms with van der Waals surface area (Å²) in [5, 5.41) is 2.77. The standard InChI is InChI=1S/C20H25ClN4O4/c1-2-16(22-8-3-9-24-10-12-29-13-11-24)17-18(26)23-20(28)25(19(17)27)15-6-4-14(21)5-7-15/h4-7,17H,2-3,8-13H2,1H3,(H,23,26,28)/p+1. The SMILES string of the molecule is CCC(=NCCC[NH+]1CCOCC1)C1C(=O)NC(=O)N(c2ccc(Cl)cc2)C1=O. The molecule has 9 heteroatoms. The number of nitrogens with one attached hydrogen (secondary N) is 2. The van der Waals surface area contributed by atoms with Crippen LogP contribution in [0.1, 0.15) is 19.8 Å². The number of urea groups is 1. The molecule has 4 amide bonds. The van der Waals surface area contributed by atoms with Gasteiger partial charge in [0.25, 0.3) is 5.91 Å². The Kier molecular flexibility index (Phi) is 7.35. The highest BCUT2D eigenvalue weighted by molar-refractivity contribution is 6.35. The van der Waals surface area contributed by atoms with E-state index in [-0.39, 0.29) is 0 Å². The van der Waals surface area contributed by atoms with Gasteiger partial charge in [-0.3, -0.25) is 19.9 Å². The minimum Gasteiger partial charge on any atom is -0.370 e. The largest absolute Gasteiger partial charge is 0.370 e. The van der Waals surface area contributed by atoms with Crippen LogP contribution in [0, 0.1) is 5.92 Å². The predicted molar refractivity (Wildman–Crippen MR) is 110 cm³/mol. The Morgan fingerprint density at radius 1 is 1.24 bits per heavy atom. The number of morpholine rings is 1. The van der Waals surface area contributed by atoms with Crippen LogP contribution in [0.2, 0.25) is 5.02 Å². The Balaban J connectivity index is 1.69. The van der Waals surface area contributed by atoms with Crippen LogP contribution in [-0.4, -0.2) is 62.9 Å². The van der Waals surface area contributed by atoms with Crippen molar-refractivity contribution in [1.29, 1.82) is 0 Å². The molecule has 1 aromatic rings. The molecule has 0 aromatic heterocycles. The summed E-state index contributed by atoms with van der Waals surface area (Å²) in [5.41, 5.74) is 0.858. The summed E-state index contributed by atoms with van der Waals surface area (Å²) in [5.74, 6) is -2.30. The molecule has 2 fully saturated rings. The zero-order valence-corrected chi connectivity index (χ0v) is 17.2.